The molecule has 28 heavy (non-hydrogen) atoms. The van der Waals surface area contributed by atoms with Gasteiger partial charge in [-0.25, -0.2) is 4.79 Å². The minimum atomic E-state index is -0.362. The van der Waals surface area contributed by atoms with Crippen LogP contribution in [0.5, 0.6) is 5.75 Å². The Labute approximate surface area is 170 Å². The van der Waals surface area contributed by atoms with E-state index in [0.717, 1.165) is 38.0 Å². The zero-order chi connectivity index (χ0) is 19.1. The Hall–Kier alpha value is -3.05. The van der Waals surface area contributed by atoms with Crippen LogP contribution in [0.3, 0.4) is 0 Å². The first-order valence-electron chi connectivity index (χ1n) is 8.97. The highest BCUT2D eigenvalue weighted by Gasteiger charge is 2.23. The zero-order valence-electron chi connectivity index (χ0n) is 14.9. The van der Waals surface area contributed by atoms with Crippen molar-refractivity contribution in [1.82, 2.24) is 0 Å². The van der Waals surface area contributed by atoms with Gasteiger partial charge in [-0.05, 0) is 41.5 Å². The molecule has 1 aromatic heterocycles. The van der Waals surface area contributed by atoms with E-state index in [9.17, 15) is 4.79 Å². The van der Waals surface area contributed by atoms with E-state index in [-0.39, 0.29) is 5.63 Å². The summed E-state index contributed by atoms with van der Waals surface area (Å²) >= 11 is 3.52. The molecule has 4 aromatic rings. The third-order valence-corrected chi connectivity index (χ3v) is 5.45. The van der Waals surface area contributed by atoms with Crippen molar-refractivity contribution in [3.05, 3.63) is 93.3 Å². The SMILES string of the molecule is O=c1cc(-c2ccccc2)c2ccc3c(c2o1)CN(c1cccc(Br)c1)CO3. The van der Waals surface area contributed by atoms with Crippen LogP contribution in [0.2, 0.25) is 0 Å². The van der Waals surface area contributed by atoms with Gasteiger partial charge in [0.2, 0.25) is 0 Å². The van der Waals surface area contributed by atoms with Crippen LogP contribution in [0, 0.1) is 0 Å². The van der Waals surface area contributed by atoms with E-state index in [1.807, 2.05) is 66.7 Å². The molecule has 0 unspecified atom stereocenters. The molecule has 0 spiro atoms. The molecule has 1 aliphatic heterocycles. The molecule has 0 atom stereocenters. The monoisotopic (exact) mass is 433 g/mol. The number of fused-ring (bicyclic) bond motifs is 3. The lowest BCUT2D eigenvalue weighted by Crippen LogP contribution is -2.32. The number of ether oxygens (including phenoxy) is 1. The van der Waals surface area contributed by atoms with Crippen molar-refractivity contribution in [2.75, 3.05) is 11.6 Å². The second kappa shape index (κ2) is 6.84. The molecule has 0 saturated heterocycles. The first-order valence-corrected chi connectivity index (χ1v) is 9.77. The fourth-order valence-electron chi connectivity index (χ4n) is 3.63. The van der Waals surface area contributed by atoms with Gasteiger partial charge in [0.25, 0.3) is 0 Å². The summed E-state index contributed by atoms with van der Waals surface area (Å²) in [6.45, 7) is 1.04. The average molecular weight is 434 g/mol. The normalized spacial score (nSPS) is 13.2. The number of nitrogens with zero attached hydrogens (tertiary/aromatic N) is 1. The number of hydrogen-bond donors (Lipinski definition) is 0. The summed E-state index contributed by atoms with van der Waals surface area (Å²) in [6.07, 6.45) is 0. The van der Waals surface area contributed by atoms with Crippen LogP contribution in [0.25, 0.3) is 22.1 Å². The van der Waals surface area contributed by atoms with Gasteiger partial charge in [-0.15, -0.1) is 0 Å². The second-order valence-corrected chi connectivity index (χ2v) is 7.63. The Morgan fingerprint density at radius 2 is 1.79 bits per heavy atom. The summed E-state index contributed by atoms with van der Waals surface area (Å²) in [4.78, 5) is 14.4. The molecule has 0 radical (unpaired) electrons. The fourth-order valence-corrected chi connectivity index (χ4v) is 4.02. The number of hydrogen-bond acceptors (Lipinski definition) is 4. The van der Waals surface area contributed by atoms with Crippen LogP contribution < -0.4 is 15.3 Å². The molecule has 1 aliphatic rings. The predicted octanol–water partition coefficient (Wildman–Crippen LogP) is 5.58. The predicted molar refractivity (Wildman–Crippen MR) is 114 cm³/mol. The number of rotatable bonds is 2. The highest BCUT2D eigenvalue weighted by atomic mass is 79.9. The summed E-state index contributed by atoms with van der Waals surface area (Å²) < 4.78 is 12.6. The minimum absolute atomic E-state index is 0.362. The third-order valence-electron chi connectivity index (χ3n) is 4.96. The van der Waals surface area contributed by atoms with E-state index in [4.69, 9.17) is 9.15 Å². The van der Waals surface area contributed by atoms with E-state index >= 15 is 0 Å². The summed E-state index contributed by atoms with van der Waals surface area (Å²) in [7, 11) is 0. The molecule has 0 N–H and O–H groups in total. The van der Waals surface area contributed by atoms with Crippen molar-refractivity contribution < 1.29 is 9.15 Å². The van der Waals surface area contributed by atoms with E-state index in [1.165, 1.54) is 0 Å². The maximum Gasteiger partial charge on any atom is 0.336 e. The van der Waals surface area contributed by atoms with E-state index in [1.54, 1.807) is 6.07 Å². The topological polar surface area (TPSA) is 42.7 Å². The van der Waals surface area contributed by atoms with Gasteiger partial charge >= 0.3 is 5.63 Å². The average Bonchev–Trinajstić information content (AvgIpc) is 2.73. The fraction of sp³-hybridized carbons (Fsp3) is 0.0870. The molecule has 0 saturated carbocycles. The Morgan fingerprint density at radius 1 is 0.929 bits per heavy atom. The second-order valence-electron chi connectivity index (χ2n) is 6.72. The van der Waals surface area contributed by atoms with Crippen molar-refractivity contribution in [3.8, 4) is 16.9 Å². The van der Waals surface area contributed by atoms with E-state index < -0.39 is 0 Å². The smallest absolute Gasteiger partial charge is 0.336 e. The number of anilines is 1. The summed E-state index contributed by atoms with van der Waals surface area (Å²) in [5.41, 5.74) is 4.01. The quantitative estimate of drug-likeness (QED) is 0.387. The van der Waals surface area contributed by atoms with Gasteiger partial charge in [0.15, 0.2) is 6.73 Å². The molecular weight excluding hydrogens is 418 g/mol. The summed E-state index contributed by atoms with van der Waals surface area (Å²) in [5.74, 6) is 0.757. The Balaban J connectivity index is 1.67. The first kappa shape index (κ1) is 17.1. The van der Waals surface area contributed by atoms with Gasteiger partial charge in [-0.1, -0.05) is 52.3 Å². The molecule has 0 aliphatic carbocycles. The summed E-state index contributed by atoms with van der Waals surface area (Å²) in [6, 6.07) is 23.4. The molecule has 0 amide bonds. The third kappa shape index (κ3) is 2.98. The lowest BCUT2D eigenvalue weighted by molar-refractivity contribution is 0.289. The molecule has 0 bridgehead atoms. The molecule has 0 fully saturated rings. The molecule has 4 nitrogen and oxygen atoms in total. The Kier molecular flexibility index (Phi) is 4.17. The first-order chi connectivity index (χ1) is 13.7. The van der Waals surface area contributed by atoms with Gasteiger partial charge in [-0.2, -0.15) is 0 Å². The van der Waals surface area contributed by atoms with Crippen LogP contribution in [-0.4, -0.2) is 6.73 Å². The van der Waals surface area contributed by atoms with Crippen molar-refractivity contribution in [3.63, 3.8) is 0 Å². The maximum atomic E-state index is 12.3. The highest BCUT2D eigenvalue weighted by Crippen LogP contribution is 2.37. The van der Waals surface area contributed by atoms with Crippen LogP contribution >= 0.6 is 15.9 Å². The van der Waals surface area contributed by atoms with Gasteiger partial charge < -0.3 is 14.1 Å². The molecule has 2 heterocycles. The van der Waals surface area contributed by atoms with Gasteiger partial charge in [-0.3, -0.25) is 0 Å². The van der Waals surface area contributed by atoms with Crippen molar-refractivity contribution in [2.45, 2.75) is 6.54 Å². The minimum Gasteiger partial charge on any atom is -0.473 e. The Morgan fingerprint density at radius 3 is 2.61 bits per heavy atom. The van der Waals surface area contributed by atoms with Crippen LogP contribution in [0.15, 0.2) is 86.5 Å². The lowest BCUT2D eigenvalue weighted by atomic mass is 9.99. The molecule has 3 aromatic carbocycles. The molecule has 5 heteroatoms. The molecule has 138 valence electrons. The van der Waals surface area contributed by atoms with Crippen molar-refractivity contribution >= 4 is 32.6 Å². The number of benzene rings is 3. The largest absolute Gasteiger partial charge is 0.473 e. The molecular formula is C23H16BrNO3. The molecule has 5 rings (SSSR count). The van der Waals surface area contributed by atoms with Crippen LogP contribution in [0.4, 0.5) is 5.69 Å². The maximum absolute atomic E-state index is 12.3. The lowest BCUT2D eigenvalue weighted by Gasteiger charge is -2.31. The van der Waals surface area contributed by atoms with Crippen molar-refractivity contribution in [2.24, 2.45) is 0 Å². The summed E-state index contributed by atoms with van der Waals surface area (Å²) in [5, 5.41) is 0.907. The zero-order valence-corrected chi connectivity index (χ0v) is 16.5. The Bertz CT molecular complexity index is 1230. The van der Waals surface area contributed by atoms with Gasteiger partial charge in [0.05, 0.1) is 12.1 Å². The van der Waals surface area contributed by atoms with Crippen LogP contribution in [-0.2, 0) is 6.54 Å². The number of halogens is 1. The van der Waals surface area contributed by atoms with Crippen LogP contribution in [0.1, 0.15) is 5.56 Å². The van der Waals surface area contributed by atoms with E-state index in [0.29, 0.717) is 18.9 Å². The highest BCUT2D eigenvalue weighted by molar-refractivity contribution is 9.10. The standard InChI is InChI=1S/C23H16BrNO3/c24-16-7-4-8-17(11-16)25-13-20-21(27-14-25)10-9-18-19(12-22(26)28-23(18)20)15-5-2-1-3-6-15/h1-12H,13-14H2. The van der Waals surface area contributed by atoms with Gasteiger partial charge in [0.1, 0.15) is 11.3 Å². The van der Waals surface area contributed by atoms with Crippen molar-refractivity contribution in [1.29, 1.82) is 0 Å². The van der Waals surface area contributed by atoms with E-state index in [2.05, 4.69) is 20.8 Å². The van der Waals surface area contributed by atoms with Gasteiger partial charge in [0, 0.05) is 21.6 Å².